The molecule has 4 aromatic rings. The lowest BCUT2D eigenvalue weighted by Crippen LogP contribution is -2.14. The molecule has 0 aliphatic carbocycles. The van der Waals surface area contributed by atoms with Crippen molar-refractivity contribution in [3.05, 3.63) is 107 Å². The molecular formula is C23H16ClF2N3O2. The van der Waals surface area contributed by atoms with Crippen molar-refractivity contribution >= 4 is 23.2 Å². The van der Waals surface area contributed by atoms with Crippen LogP contribution in [-0.4, -0.2) is 15.7 Å². The van der Waals surface area contributed by atoms with Gasteiger partial charge in [0, 0.05) is 10.7 Å². The summed E-state index contributed by atoms with van der Waals surface area (Å²) in [4.78, 5) is 12.9. The van der Waals surface area contributed by atoms with Crippen molar-refractivity contribution in [1.29, 1.82) is 0 Å². The number of nitrogens with zero attached hydrogens (tertiary/aromatic N) is 2. The Bertz CT molecular complexity index is 1210. The van der Waals surface area contributed by atoms with Crippen molar-refractivity contribution in [1.82, 2.24) is 9.78 Å². The average Bonchev–Trinajstić information content (AvgIpc) is 3.18. The number of hydrogen-bond donors (Lipinski definition) is 1. The van der Waals surface area contributed by atoms with E-state index in [2.05, 4.69) is 10.4 Å². The molecule has 4 rings (SSSR count). The molecule has 1 amide bonds. The van der Waals surface area contributed by atoms with Gasteiger partial charge >= 0.3 is 0 Å². The number of ether oxygens (including phenoxy) is 1. The number of carbonyl (C=O) groups is 1. The van der Waals surface area contributed by atoms with Crippen LogP contribution in [0, 0.1) is 11.6 Å². The predicted molar refractivity (Wildman–Crippen MR) is 114 cm³/mol. The predicted octanol–water partition coefficient (Wildman–Crippen LogP) is 5.64. The van der Waals surface area contributed by atoms with E-state index >= 15 is 0 Å². The number of carbonyl (C=O) groups excluding carboxylic acids is 1. The Morgan fingerprint density at radius 3 is 2.35 bits per heavy atom. The van der Waals surface area contributed by atoms with E-state index in [1.54, 1.807) is 36.4 Å². The van der Waals surface area contributed by atoms with Gasteiger partial charge in [-0.2, -0.15) is 5.10 Å². The third-order valence-corrected chi connectivity index (χ3v) is 4.61. The molecule has 0 bridgehead atoms. The largest absolute Gasteiger partial charge is 0.485 e. The highest BCUT2D eigenvalue weighted by molar-refractivity contribution is 6.31. The fraction of sp³-hybridized carbons (Fsp3) is 0.0435. The molecule has 0 aliphatic rings. The first-order valence-corrected chi connectivity index (χ1v) is 9.65. The van der Waals surface area contributed by atoms with Crippen LogP contribution in [0.3, 0.4) is 0 Å². The van der Waals surface area contributed by atoms with Crippen LogP contribution in [0.4, 0.5) is 14.5 Å². The van der Waals surface area contributed by atoms with Crippen LogP contribution in [0.5, 0.6) is 5.75 Å². The topological polar surface area (TPSA) is 56.2 Å². The van der Waals surface area contributed by atoms with Crippen LogP contribution < -0.4 is 10.1 Å². The van der Waals surface area contributed by atoms with Crippen molar-refractivity contribution in [2.45, 2.75) is 6.61 Å². The molecule has 1 aromatic heterocycles. The molecule has 0 atom stereocenters. The van der Waals surface area contributed by atoms with E-state index in [-0.39, 0.29) is 29.7 Å². The monoisotopic (exact) mass is 439 g/mol. The summed E-state index contributed by atoms with van der Waals surface area (Å²) in [7, 11) is 0. The average molecular weight is 440 g/mol. The van der Waals surface area contributed by atoms with Gasteiger partial charge in [0.1, 0.15) is 18.2 Å². The third kappa shape index (κ3) is 5.07. The first-order valence-electron chi connectivity index (χ1n) is 9.28. The lowest BCUT2D eigenvalue weighted by molar-refractivity contribution is 0.101. The fourth-order valence-corrected chi connectivity index (χ4v) is 3.04. The zero-order chi connectivity index (χ0) is 21.8. The molecule has 1 N–H and O–H groups in total. The highest BCUT2D eigenvalue weighted by Crippen LogP contribution is 2.23. The van der Waals surface area contributed by atoms with Gasteiger partial charge in [-0.25, -0.2) is 13.5 Å². The summed E-state index contributed by atoms with van der Waals surface area (Å²) in [5.41, 5.74) is 1.80. The van der Waals surface area contributed by atoms with Gasteiger partial charge in [0.05, 0.1) is 11.9 Å². The summed E-state index contributed by atoms with van der Waals surface area (Å²) in [6.45, 7) is 0.104. The number of nitrogens with one attached hydrogen (secondary N) is 1. The molecule has 0 saturated carbocycles. The molecule has 156 valence electrons. The minimum atomic E-state index is -0.503. The molecule has 31 heavy (non-hydrogen) atoms. The van der Waals surface area contributed by atoms with Crippen molar-refractivity contribution in [3.8, 4) is 11.4 Å². The second-order valence-corrected chi connectivity index (χ2v) is 7.08. The van der Waals surface area contributed by atoms with Gasteiger partial charge in [0.15, 0.2) is 11.4 Å². The van der Waals surface area contributed by atoms with Gasteiger partial charge in [0.2, 0.25) is 0 Å². The molecule has 1 heterocycles. The Kier molecular flexibility index (Phi) is 5.95. The van der Waals surface area contributed by atoms with Crippen LogP contribution in [0.2, 0.25) is 5.02 Å². The molecule has 3 aromatic carbocycles. The van der Waals surface area contributed by atoms with E-state index in [4.69, 9.17) is 16.3 Å². The van der Waals surface area contributed by atoms with Crippen LogP contribution >= 0.6 is 11.6 Å². The van der Waals surface area contributed by atoms with Gasteiger partial charge in [-0.3, -0.25) is 4.79 Å². The molecule has 0 saturated heterocycles. The summed E-state index contributed by atoms with van der Waals surface area (Å²) in [6.07, 6.45) is 1.53. The highest BCUT2D eigenvalue weighted by Gasteiger charge is 2.20. The van der Waals surface area contributed by atoms with Crippen LogP contribution in [0.1, 0.15) is 16.1 Å². The first-order chi connectivity index (χ1) is 15.0. The summed E-state index contributed by atoms with van der Waals surface area (Å²) in [6, 6.07) is 18.2. The number of benzene rings is 3. The molecule has 0 unspecified atom stereocenters. The van der Waals surface area contributed by atoms with E-state index < -0.39 is 5.91 Å². The standard InChI is InChI=1S/C23H16ClF2N3O2/c24-16-2-1-3-19(12-16)27-23(30)22-21(31-14-15-4-6-17(25)7-5-15)13-29(28-22)20-10-8-18(26)9-11-20/h1-13H,14H2,(H,27,30). The zero-order valence-electron chi connectivity index (χ0n) is 16.1. The van der Waals surface area contributed by atoms with Gasteiger partial charge in [0.25, 0.3) is 5.91 Å². The lowest BCUT2D eigenvalue weighted by Gasteiger charge is -2.07. The SMILES string of the molecule is O=C(Nc1cccc(Cl)c1)c1nn(-c2ccc(F)cc2)cc1OCc1ccc(F)cc1. The second kappa shape index (κ2) is 8.97. The maximum absolute atomic E-state index is 13.3. The molecule has 0 aliphatic heterocycles. The van der Waals surface area contributed by atoms with Gasteiger partial charge < -0.3 is 10.1 Å². The number of rotatable bonds is 6. The van der Waals surface area contributed by atoms with Gasteiger partial charge in [-0.15, -0.1) is 0 Å². The van der Waals surface area contributed by atoms with E-state index in [1.165, 1.54) is 47.3 Å². The normalized spacial score (nSPS) is 10.7. The van der Waals surface area contributed by atoms with Gasteiger partial charge in [-0.1, -0.05) is 29.8 Å². The molecule has 0 radical (unpaired) electrons. The number of amides is 1. The lowest BCUT2D eigenvalue weighted by atomic mass is 10.2. The van der Waals surface area contributed by atoms with E-state index in [1.807, 2.05) is 0 Å². The maximum atomic E-state index is 13.3. The first kappa shape index (κ1) is 20.6. The van der Waals surface area contributed by atoms with Crippen molar-refractivity contribution in [2.75, 3.05) is 5.32 Å². The Labute approximate surface area is 181 Å². The number of anilines is 1. The van der Waals surface area contributed by atoms with E-state index in [0.29, 0.717) is 16.4 Å². The second-order valence-electron chi connectivity index (χ2n) is 6.64. The molecule has 8 heteroatoms. The highest BCUT2D eigenvalue weighted by atomic mass is 35.5. The van der Waals surface area contributed by atoms with Crippen molar-refractivity contribution in [2.24, 2.45) is 0 Å². The summed E-state index contributed by atoms with van der Waals surface area (Å²) in [5.74, 6) is -1.03. The van der Waals surface area contributed by atoms with Crippen LogP contribution in [0.15, 0.2) is 79.0 Å². The third-order valence-electron chi connectivity index (χ3n) is 4.38. The number of hydrogen-bond acceptors (Lipinski definition) is 3. The molecule has 0 spiro atoms. The Balaban J connectivity index is 1.62. The van der Waals surface area contributed by atoms with Crippen molar-refractivity contribution in [3.63, 3.8) is 0 Å². The summed E-state index contributed by atoms with van der Waals surface area (Å²) >= 11 is 5.98. The minimum absolute atomic E-state index is 0.0337. The molecular weight excluding hydrogens is 424 g/mol. The quantitative estimate of drug-likeness (QED) is 0.423. The summed E-state index contributed by atoms with van der Waals surface area (Å²) in [5, 5.41) is 7.52. The minimum Gasteiger partial charge on any atom is -0.485 e. The Morgan fingerprint density at radius 2 is 1.68 bits per heavy atom. The Morgan fingerprint density at radius 1 is 1.00 bits per heavy atom. The van der Waals surface area contributed by atoms with Crippen LogP contribution in [0.25, 0.3) is 5.69 Å². The van der Waals surface area contributed by atoms with Crippen molar-refractivity contribution < 1.29 is 18.3 Å². The van der Waals surface area contributed by atoms with E-state index in [9.17, 15) is 13.6 Å². The Hall–Kier alpha value is -3.71. The van der Waals surface area contributed by atoms with E-state index in [0.717, 1.165) is 5.56 Å². The maximum Gasteiger partial charge on any atom is 0.280 e. The smallest absolute Gasteiger partial charge is 0.280 e. The molecule has 0 fully saturated rings. The summed E-state index contributed by atoms with van der Waals surface area (Å²) < 4.78 is 33.6. The van der Waals surface area contributed by atoms with Crippen LogP contribution in [-0.2, 0) is 6.61 Å². The fourth-order valence-electron chi connectivity index (χ4n) is 2.85. The molecule has 5 nitrogen and oxygen atoms in total. The number of aromatic nitrogens is 2. The number of halogens is 3. The zero-order valence-corrected chi connectivity index (χ0v) is 16.8. The van der Waals surface area contributed by atoms with Gasteiger partial charge in [-0.05, 0) is 60.2 Å².